The number of benzene rings is 2. The van der Waals surface area contributed by atoms with E-state index in [1.54, 1.807) is 38.2 Å². The molecule has 0 atom stereocenters. The van der Waals surface area contributed by atoms with Crippen LogP contribution in [0.3, 0.4) is 0 Å². The number of aryl methyl sites for hydroxylation is 1. The van der Waals surface area contributed by atoms with Gasteiger partial charge in [0.25, 0.3) is 0 Å². The SMILES string of the molecule is CN=C(NCC(=O)Nc1cccc(F)c1)NCc1ccc(S(C)(=O)=O)c(C)c1.I. The summed E-state index contributed by atoms with van der Waals surface area (Å²) in [6.07, 6.45) is 1.17. The predicted molar refractivity (Wildman–Crippen MR) is 123 cm³/mol. The van der Waals surface area contributed by atoms with Gasteiger partial charge in [-0.05, 0) is 42.3 Å². The van der Waals surface area contributed by atoms with Gasteiger partial charge in [0.15, 0.2) is 15.8 Å². The van der Waals surface area contributed by atoms with Gasteiger partial charge >= 0.3 is 0 Å². The first-order valence-corrected chi connectivity index (χ1v) is 10.4. The minimum atomic E-state index is -3.26. The van der Waals surface area contributed by atoms with Crippen molar-refractivity contribution in [2.45, 2.75) is 18.4 Å². The molecule has 0 fully saturated rings. The lowest BCUT2D eigenvalue weighted by molar-refractivity contribution is -0.115. The Morgan fingerprint density at radius 3 is 2.45 bits per heavy atom. The van der Waals surface area contributed by atoms with Crippen molar-refractivity contribution in [2.75, 3.05) is 25.2 Å². The zero-order chi connectivity index (χ0) is 20.7. The molecule has 7 nitrogen and oxygen atoms in total. The monoisotopic (exact) mass is 534 g/mol. The molecule has 0 bridgehead atoms. The van der Waals surface area contributed by atoms with E-state index in [0.29, 0.717) is 28.7 Å². The highest BCUT2D eigenvalue weighted by molar-refractivity contribution is 14.0. The van der Waals surface area contributed by atoms with E-state index in [4.69, 9.17) is 0 Å². The van der Waals surface area contributed by atoms with Crippen LogP contribution in [0.5, 0.6) is 0 Å². The van der Waals surface area contributed by atoms with Gasteiger partial charge < -0.3 is 16.0 Å². The summed E-state index contributed by atoms with van der Waals surface area (Å²) >= 11 is 0. The number of guanidine groups is 1. The largest absolute Gasteiger partial charge is 0.352 e. The van der Waals surface area contributed by atoms with E-state index in [9.17, 15) is 17.6 Å². The van der Waals surface area contributed by atoms with Crippen LogP contribution in [0.15, 0.2) is 52.4 Å². The van der Waals surface area contributed by atoms with Gasteiger partial charge in [-0.25, -0.2) is 12.8 Å². The first-order chi connectivity index (χ1) is 13.2. The molecular weight excluding hydrogens is 510 g/mol. The number of aliphatic imine (C=N–C) groups is 1. The third-order valence-corrected chi connectivity index (χ3v) is 5.10. The summed E-state index contributed by atoms with van der Waals surface area (Å²) in [5.74, 6) is -0.374. The lowest BCUT2D eigenvalue weighted by Gasteiger charge is -2.13. The molecule has 2 aromatic rings. The Kier molecular flexibility index (Phi) is 9.50. The van der Waals surface area contributed by atoms with Crippen molar-refractivity contribution in [3.63, 3.8) is 0 Å². The van der Waals surface area contributed by atoms with E-state index in [1.807, 2.05) is 0 Å². The highest BCUT2D eigenvalue weighted by atomic mass is 127. The van der Waals surface area contributed by atoms with Crippen LogP contribution in [0.25, 0.3) is 0 Å². The zero-order valence-electron chi connectivity index (χ0n) is 16.3. The molecule has 2 rings (SSSR count). The zero-order valence-corrected chi connectivity index (χ0v) is 19.5. The van der Waals surface area contributed by atoms with E-state index in [-0.39, 0.29) is 36.4 Å². The van der Waals surface area contributed by atoms with Gasteiger partial charge in [-0.15, -0.1) is 24.0 Å². The molecule has 0 aliphatic carbocycles. The van der Waals surface area contributed by atoms with Crippen molar-refractivity contribution >= 4 is 51.4 Å². The van der Waals surface area contributed by atoms with Crippen LogP contribution >= 0.6 is 24.0 Å². The van der Waals surface area contributed by atoms with Crippen molar-refractivity contribution in [1.82, 2.24) is 10.6 Å². The van der Waals surface area contributed by atoms with Crippen LogP contribution in [-0.2, 0) is 21.2 Å². The fraction of sp³-hybridized carbons (Fsp3) is 0.263. The number of rotatable bonds is 6. The minimum absolute atomic E-state index is 0. The Balaban J connectivity index is 0.00000420. The first kappa shape index (κ1) is 24.8. The molecule has 158 valence electrons. The fourth-order valence-corrected chi connectivity index (χ4v) is 3.54. The smallest absolute Gasteiger partial charge is 0.243 e. The number of carbonyl (C=O) groups excluding carboxylic acids is 1. The fourth-order valence-electron chi connectivity index (χ4n) is 2.58. The second-order valence-electron chi connectivity index (χ2n) is 6.21. The van der Waals surface area contributed by atoms with Crippen LogP contribution in [0, 0.1) is 12.7 Å². The van der Waals surface area contributed by atoms with Gasteiger partial charge in [-0.3, -0.25) is 9.79 Å². The van der Waals surface area contributed by atoms with Gasteiger partial charge in [-0.2, -0.15) is 0 Å². The van der Waals surface area contributed by atoms with Crippen LogP contribution < -0.4 is 16.0 Å². The summed E-state index contributed by atoms with van der Waals surface area (Å²) in [7, 11) is -1.69. The number of hydrogen-bond acceptors (Lipinski definition) is 4. The summed E-state index contributed by atoms with van der Waals surface area (Å²) in [4.78, 5) is 16.3. The van der Waals surface area contributed by atoms with Crippen molar-refractivity contribution < 1.29 is 17.6 Å². The maximum absolute atomic E-state index is 13.1. The third kappa shape index (κ3) is 7.97. The quantitative estimate of drug-likeness (QED) is 0.301. The van der Waals surface area contributed by atoms with Crippen LogP contribution in [0.1, 0.15) is 11.1 Å². The van der Waals surface area contributed by atoms with Gasteiger partial charge in [0.1, 0.15) is 5.82 Å². The number of halogens is 2. The third-order valence-electron chi connectivity index (χ3n) is 3.85. The molecule has 10 heteroatoms. The van der Waals surface area contributed by atoms with Crippen LogP contribution in [-0.4, -0.2) is 40.1 Å². The van der Waals surface area contributed by atoms with E-state index in [2.05, 4.69) is 20.9 Å². The number of anilines is 1. The molecule has 0 spiro atoms. The molecule has 29 heavy (non-hydrogen) atoms. The lowest BCUT2D eigenvalue weighted by atomic mass is 10.1. The van der Waals surface area contributed by atoms with Crippen LogP contribution in [0.2, 0.25) is 0 Å². The molecule has 0 aromatic heterocycles. The average Bonchev–Trinajstić information content (AvgIpc) is 2.61. The maximum Gasteiger partial charge on any atom is 0.243 e. The van der Waals surface area contributed by atoms with Crippen molar-refractivity contribution in [2.24, 2.45) is 4.99 Å². The standard InChI is InChI=1S/C19H23FN4O3S.HI/c1-13-9-14(7-8-17(13)28(3,26)27)11-22-19(21-2)23-12-18(25)24-16-6-4-5-15(20)10-16;/h4-10H,11-12H2,1-3H3,(H,24,25)(H2,21,22,23);1H. The molecular formula is C19H24FIN4O3S. The number of carbonyl (C=O) groups is 1. The Hall–Kier alpha value is -2.21. The van der Waals surface area contributed by atoms with Gasteiger partial charge in [0.05, 0.1) is 11.4 Å². The molecule has 0 aliphatic rings. The second kappa shape index (κ2) is 11.1. The van der Waals surface area contributed by atoms with Crippen molar-refractivity contribution in [1.29, 1.82) is 0 Å². The molecule has 0 saturated heterocycles. The number of hydrogen-bond donors (Lipinski definition) is 3. The molecule has 0 aliphatic heterocycles. The first-order valence-electron chi connectivity index (χ1n) is 8.48. The number of amides is 1. The molecule has 0 radical (unpaired) electrons. The van der Waals surface area contributed by atoms with Gasteiger partial charge in [0, 0.05) is 25.5 Å². The number of sulfone groups is 1. The van der Waals surface area contributed by atoms with Gasteiger partial charge in [0.2, 0.25) is 5.91 Å². The average molecular weight is 534 g/mol. The molecule has 0 saturated carbocycles. The van der Waals surface area contributed by atoms with Gasteiger partial charge in [-0.1, -0.05) is 18.2 Å². The summed E-state index contributed by atoms with van der Waals surface area (Å²) in [6.45, 7) is 2.09. The molecule has 2 aromatic carbocycles. The van der Waals surface area contributed by atoms with E-state index < -0.39 is 15.7 Å². The minimum Gasteiger partial charge on any atom is -0.352 e. The molecule has 1 amide bonds. The van der Waals surface area contributed by atoms with E-state index >= 15 is 0 Å². The molecule has 0 heterocycles. The Bertz CT molecular complexity index is 997. The van der Waals surface area contributed by atoms with E-state index in [1.165, 1.54) is 24.5 Å². The van der Waals surface area contributed by atoms with Crippen molar-refractivity contribution in [3.8, 4) is 0 Å². The lowest BCUT2D eigenvalue weighted by Crippen LogP contribution is -2.41. The summed E-state index contributed by atoms with van der Waals surface area (Å²) in [5, 5.41) is 8.49. The Labute approximate surface area is 187 Å². The van der Waals surface area contributed by atoms with Crippen molar-refractivity contribution in [3.05, 3.63) is 59.4 Å². The predicted octanol–water partition coefficient (Wildman–Crippen LogP) is 2.46. The Morgan fingerprint density at radius 2 is 1.86 bits per heavy atom. The molecule has 3 N–H and O–H groups in total. The number of nitrogens with one attached hydrogen (secondary N) is 3. The number of nitrogens with zero attached hydrogens (tertiary/aromatic N) is 1. The van der Waals surface area contributed by atoms with Crippen LogP contribution in [0.4, 0.5) is 10.1 Å². The Morgan fingerprint density at radius 1 is 1.14 bits per heavy atom. The van der Waals surface area contributed by atoms with E-state index in [0.717, 1.165) is 5.56 Å². The maximum atomic E-state index is 13.1. The highest BCUT2D eigenvalue weighted by Crippen LogP contribution is 2.16. The summed E-state index contributed by atoms with van der Waals surface area (Å²) in [5.41, 5.74) is 1.91. The second-order valence-corrected chi connectivity index (χ2v) is 8.19. The topological polar surface area (TPSA) is 99.7 Å². The summed E-state index contributed by atoms with van der Waals surface area (Å²) in [6, 6.07) is 10.7. The molecule has 0 unspecified atom stereocenters. The highest BCUT2D eigenvalue weighted by Gasteiger charge is 2.11. The summed E-state index contributed by atoms with van der Waals surface area (Å²) < 4.78 is 36.5. The normalized spacial score (nSPS) is 11.4.